The minimum absolute atomic E-state index is 1.01. The van der Waals surface area contributed by atoms with Crippen molar-refractivity contribution in [3.8, 4) is 0 Å². The first-order valence-electron chi connectivity index (χ1n) is 5.91. The summed E-state index contributed by atoms with van der Waals surface area (Å²) in [6.45, 7) is 4.60. The summed E-state index contributed by atoms with van der Waals surface area (Å²) in [5, 5.41) is 1.88. The van der Waals surface area contributed by atoms with Gasteiger partial charge in [0.05, 0.1) is 0 Å². The van der Waals surface area contributed by atoms with Gasteiger partial charge in [-0.2, -0.15) is 0 Å². The van der Waals surface area contributed by atoms with Crippen molar-refractivity contribution in [1.29, 1.82) is 0 Å². The van der Waals surface area contributed by atoms with Crippen LogP contribution in [0.2, 0.25) is 0 Å². The predicted molar refractivity (Wildman–Crippen MR) is 64.0 cm³/mol. The minimum Gasteiger partial charge on any atom is -0.105 e. The SMILES string of the molecule is CCCCC1=PCCC1CCCC. The first-order valence-corrected chi connectivity index (χ1v) is 6.99. The normalized spacial score (nSPS) is 23.2. The average molecular weight is 198 g/mol. The van der Waals surface area contributed by atoms with Gasteiger partial charge in [-0.15, -0.1) is 8.20 Å². The minimum atomic E-state index is 1.01. The predicted octanol–water partition coefficient (Wildman–Crippen LogP) is 4.51. The van der Waals surface area contributed by atoms with Gasteiger partial charge in [-0.05, 0) is 43.1 Å². The van der Waals surface area contributed by atoms with Crippen LogP contribution in [0.4, 0.5) is 0 Å². The molecule has 0 saturated heterocycles. The summed E-state index contributed by atoms with van der Waals surface area (Å²) in [4.78, 5) is 0. The van der Waals surface area contributed by atoms with Gasteiger partial charge in [0.1, 0.15) is 0 Å². The fraction of sp³-hybridized carbons (Fsp3) is 0.917. The summed E-state index contributed by atoms with van der Waals surface area (Å²) in [5.74, 6) is 1.01. The summed E-state index contributed by atoms with van der Waals surface area (Å²) < 4.78 is 0. The summed E-state index contributed by atoms with van der Waals surface area (Å²) in [6.07, 6.45) is 11.4. The molecule has 0 N–H and O–H groups in total. The lowest BCUT2D eigenvalue weighted by Crippen LogP contribution is -2.08. The third kappa shape index (κ3) is 3.81. The van der Waals surface area contributed by atoms with Gasteiger partial charge in [-0.3, -0.25) is 0 Å². The van der Waals surface area contributed by atoms with Gasteiger partial charge >= 0.3 is 0 Å². The largest absolute Gasteiger partial charge is 0.105 e. The van der Waals surface area contributed by atoms with Crippen molar-refractivity contribution >= 4 is 13.5 Å². The molecule has 0 aromatic heterocycles. The van der Waals surface area contributed by atoms with Gasteiger partial charge < -0.3 is 0 Å². The van der Waals surface area contributed by atoms with Crippen molar-refractivity contribution in [3.05, 3.63) is 0 Å². The molecule has 1 aliphatic rings. The molecule has 1 heterocycles. The Bertz CT molecular complexity index is 161. The van der Waals surface area contributed by atoms with E-state index in [0.29, 0.717) is 0 Å². The second-order valence-corrected chi connectivity index (χ2v) is 5.44. The standard InChI is InChI=1S/C12H23P/c1-3-5-7-11-9-10-13-12(11)8-6-4-2/h11H,3-10H2,1-2H3. The highest BCUT2D eigenvalue weighted by atomic mass is 31.1. The Morgan fingerprint density at radius 1 is 1.23 bits per heavy atom. The first kappa shape index (κ1) is 11.2. The van der Waals surface area contributed by atoms with Crippen LogP contribution in [-0.2, 0) is 0 Å². The Labute approximate surface area is 84.9 Å². The zero-order chi connectivity index (χ0) is 9.52. The van der Waals surface area contributed by atoms with E-state index in [2.05, 4.69) is 13.8 Å². The van der Waals surface area contributed by atoms with E-state index in [4.69, 9.17) is 0 Å². The van der Waals surface area contributed by atoms with Crippen LogP contribution in [0.25, 0.3) is 0 Å². The molecular formula is C12H23P. The van der Waals surface area contributed by atoms with Crippen LogP contribution in [0.1, 0.15) is 58.8 Å². The van der Waals surface area contributed by atoms with Gasteiger partial charge in [0.15, 0.2) is 0 Å². The van der Waals surface area contributed by atoms with E-state index in [9.17, 15) is 0 Å². The smallest absolute Gasteiger partial charge is 0.0101 e. The molecule has 0 radical (unpaired) electrons. The monoisotopic (exact) mass is 198 g/mol. The average Bonchev–Trinajstić information content (AvgIpc) is 2.59. The second kappa shape index (κ2) is 6.60. The van der Waals surface area contributed by atoms with Crippen LogP contribution in [-0.4, -0.2) is 11.5 Å². The molecule has 76 valence electrons. The zero-order valence-electron chi connectivity index (χ0n) is 9.18. The van der Waals surface area contributed by atoms with Gasteiger partial charge in [0.2, 0.25) is 0 Å². The number of unbranched alkanes of at least 4 members (excludes halogenated alkanes) is 2. The molecule has 1 heteroatoms. The van der Waals surface area contributed by atoms with Gasteiger partial charge in [-0.25, -0.2) is 0 Å². The van der Waals surface area contributed by atoms with Crippen molar-refractivity contribution in [2.24, 2.45) is 5.92 Å². The number of hydrogen-bond donors (Lipinski definition) is 0. The summed E-state index contributed by atoms with van der Waals surface area (Å²) >= 11 is 0. The van der Waals surface area contributed by atoms with Crippen molar-refractivity contribution in [2.45, 2.75) is 58.8 Å². The van der Waals surface area contributed by atoms with Crippen molar-refractivity contribution in [3.63, 3.8) is 0 Å². The maximum atomic E-state index is 2.30. The molecule has 1 atom stereocenters. The number of hydrogen-bond acceptors (Lipinski definition) is 0. The van der Waals surface area contributed by atoms with Gasteiger partial charge in [0.25, 0.3) is 0 Å². The number of rotatable bonds is 6. The molecule has 0 amide bonds. The highest BCUT2D eigenvalue weighted by molar-refractivity contribution is 7.41. The van der Waals surface area contributed by atoms with E-state index in [1.165, 1.54) is 51.1 Å². The molecule has 0 spiro atoms. The Morgan fingerprint density at radius 2 is 2.00 bits per heavy atom. The molecular weight excluding hydrogens is 175 g/mol. The van der Waals surface area contributed by atoms with Gasteiger partial charge in [-0.1, -0.05) is 33.1 Å². The summed E-state index contributed by atoms with van der Waals surface area (Å²) in [7, 11) is 1.69. The van der Waals surface area contributed by atoms with Gasteiger partial charge in [0, 0.05) is 0 Å². The van der Waals surface area contributed by atoms with Crippen molar-refractivity contribution in [1.82, 2.24) is 0 Å². The summed E-state index contributed by atoms with van der Waals surface area (Å²) in [5.41, 5.74) is 0. The van der Waals surface area contributed by atoms with Crippen LogP contribution in [0.5, 0.6) is 0 Å². The van der Waals surface area contributed by atoms with Crippen LogP contribution in [0.15, 0.2) is 0 Å². The second-order valence-electron chi connectivity index (χ2n) is 4.10. The zero-order valence-corrected chi connectivity index (χ0v) is 10.1. The molecule has 0 fully saturated rings. The van der Waals surface area contributed by atoms with Crippen molar-refractivity contribution in [2.75, 3.05) is 6.16 Å². The van der Waals surface area contributed by atoms with E-state index in [1.54, 1.807) is 8.20 Å². The maximum absolute atomic E-state index is 2.30. The van der Waals surface area contributed by atoms with E-state index >= 15 is 0 Å². The molecule has 0 bridgehead atoms. The van der Waals surface area contributed by atoms with Crippen LogP contribution in [0, 0.1) is 5.92 Å². The lowest BCUT2D eigenvalue weighted by Gasteiger charge is -2.13. The van der Waals surface area contributed by atoms with Crippen LogP contribution >= 0.6 is 8.20 Å². The van der Waals surface area contributed by atoms with Crippen LogP contribution in [0.3, 0.4) is 0 Å². The highest BCUT2D eigenvalue weighted by Crippen LogP contribution is 2.30. The topological polar surface area (TPSA) is 0 Å². The fourth-order valence-electron chi connectivity index (χ4n) is 2.06. The van der Waals surface area contributed by atoms with Crippen LogP contribution < -0.4 is 0 Å². The first-order chi connectivity index (χ1) is 6.38. The molecule has 1 unspecified atom stereocenters. The molecule has 0 saturated carbocycles. The Morgan fingerprint density at radius 3 is 2.69 bits per heavy atom. The third-order valence-corrected chi connectivity index (χ3v) is 4.43. The molecule has 0 aromatic rings. The quantitative estimate of drug-likeness (QED) is 0.551. The van der Waals surface area contributed by atoms with E-state index in [1.807, 2.05) is 5.29 Å². The highest BCUT2D eigenvalue weighted by Gasteiger charge is 2.18. The lowest BCUT2D eigenvalue weighted by atomic mass is 9.93. The summed E-state index contributed by atoms with van der Waals surface area (Å²) in [6, 6.07) is 0. The van der Waals surface area contributed by atoms with E-state index in [-0.39, 0.29) is 0 Å². The van der Waals surface area contributed by atoms with Crippen molar-refractivity contribution < 1.29 is 0 Å². The fourth-order valence-corrected chi connectivity index (χ4v) is 3.62. The third-order valence-electron chi connectivity index (χ3n) is 2.96. The van der Waals surface area contributed by atoms with E-state index in [0.717, 1.165) is 5.92 Å². The van der Waals surface area contributed by atoms with E-state index < -0.39 is 0 Å². The maximum Gasteiger partial charge on any atom is -0.0101 e. The molecule has 1 rings (SSSR count). The molecule has 13 heavy (non-hydrogen) atoms. The Balaban J connectivity index is 2.25. The Kier molecular flexibility index (Phi) is 5.71. The molecule has 0 aromatic carbocycles. The Hall–Kier alpha value is 0.170. The molecule has 0 nitrogen and oxygen atoms in total. The molecule has 1 aliphatic heterocycles. The lowest BCUT2D eigenvalue weighted by molar-refractivity contribution is 0.573. The molecule has 0 aliphatic carbocycles.